The van der Waals surface area contributed by atoms with Crippen LogP contribution < -0.4 is 0 Å². The van der Waals surface area contributed by atoms with Gasteiger partial charge in [0.2, 0.25) is 0 Å². The Labute approximate surface area is 73.6 Å². The molecule has 0 unspecified atom stereocenters. The summed E-state index contributed by atoms with van der Waals surface area (Å²) in [7, 11) is 0. The quantitative estimate of drug-likeness (QED) is 0.483. The molecule has 0 aliphatic heterocycles. The molecule has 2 nitrogen and oxygen atoms in total. The number of aliphatic carboxylic acids is 1. The van der Waals surface area contributed by atoms with E-state index in [9.17, 15) is 4.79 Å². The molecule has 0 bridgehead atoms. The number of hydrogen-bond donors (Lipinski definition) is 1. The minimum absolute atomic E-state index is 0.176. The lowest BCUT2D eigenvalue weighted by Crippen LogP contribution is -1.92. The van der Waals surface area contributed by atoms with E-state index in [4.69, 9.17) is 5.11 Å². The van der Waals surface area contributed by atoms with Crippen LogP contribution in [-0.4, -0.2) is 11.1 Å². The summed E-state index contributed by atoms with van der Waals surface area (Å²) in [6, 6.07) is 0. The molecule has 0 radical (unpaired) electrons. The molecule has 0 fully saturated rings. The van der Waals surface area contributed by atoms with E-state index in [1.165, 1.54) is 26.2 Å². The highest BCUT2D eigenvalue weighted by atomic mass is 16.4. The van der Waals surface area contributed by atoms with Crippen LogP contribution in [0.15, 0.2) is 23.8 Å². The summed E-state index contributed by atoms with van der Waals surface area (Å²) >= 11 is 0. The maximum Gasteiger partial charge on any atom is 0.330 e. The molecular weight excluding hydrogens is 152 g/mol. The predicted molar refractivity (Wildman–Crippen MR) is 50.1 cm³/mol. The van der Waals surface area contributed by atoms with Crippen molar-refractivity contribution in [2.24, 2.45) is 0 Å². The Bertz CT molecular complexity index is 190. The minimum atomic E-state index is -0.935. The van der Waals surface area contributed by atoms with Crippen LogP contribution in [0.2, 0.25) is 0 Å². The highest BCUT2D eigenvalue weighted by Crippen LogP contribution is 2.15. The molecule has 1 rings (SSSR count). The first-order valence-corrected chi connectivity index (χ1v) is 4.08. The average Bonchev–Trinajstić information content (AvgIpc) is 2.40. The Morgan fingerprint density at radius 2 is 2.17 bits per heavy atom. The number of rotatable bonds is 1. The predicted octanol–water partition coefficient (Wildman–Crippen LogP) is 2.76. The van der Waals surface area contributed by atoms with E-state index < -0.39 is 5.97 Å². The van der Waals surface area contributed by atoms with Crippen LogP contribution in [0.5, 0.6) is 0 Å². The molecule has 12 heavy (non-hydrogen) atoms. The van der Waals surface area contributed by atoms with Crippen LogP contribution in [0, 0.1) is 0 Å². The van der Waals surface area contributed by atoms with Crippen LogP contribution in [-0.2, 0) is 4.79 Å². The van der Waals surface area contributed by atoms with Crippen LogP contribution in [0.3, 0.4) is 0 Å². The summed E-state index contributed by atoms with van der Waals surface area (Å²) in [6.07, 6.45) is 6.39. The van der Waals surface area contributed by atoms with Gasteiger partial charge in [0.25, 0.3) is 0 Å². The first kappa shape index (κ1) is 11.0. The lowest BCUT2D eigenvalue weighted by molar-refractivity contribution is -0.132. The Kier molecular flexibility index (Phi) is 5.09. The average molecular weight is 168 g/mol. The summed E-state index contributed by atoms with van der Waals surface area (Å²) in [6.45, 7) is 6.80. The van der Waals surface area contributed by atoms with Crippen molar-refractivity contribution < 1.29 is 9.90 Å². The van der Waals surface area contributed by atoms with Gasteiger partial charge in [-0.2, -0.15) is 0 Å². The van der Waals surface area contributed by atoms with Crippen molar-refractivity contribution in [1.82, 2.24) is 0 Å². The van der Waals surface area contributed by atoms with Crippen LogP contribution in [0.4, 0.5) is 0 Å². The molecule has 0 atom stereocenters. The summed E-state index contributed by atoms with van der Waals surface area (Å²) in [5.74, 6) is -0.935. The second kappa shape index (κ2) is 5.58. The molecule has 68 valence electrons. The van der Waals surface area contributed by atoms with Crippen molar-refractivity contribution in [2.75, 3.05) is 0 Å². The Hall–Kier alpha value is -1.05. The SMILES string of the molecule is C=C(C)C(=O)O.CC1=CCCC1. The number of hydrogen-bond acceptors (Lipinski definition) is 1. The molecule has 1 aliphatic carbocycles. The summed E-state index contributed by atoms with van der Waals surface area (Å²) < 4.78 is 0. The zero-order valence-electron chi connectivity index (χ0n) is 7.76. The highest BCUT2D eigenvalue weighted by molar-refractivity contribution is 5.84. The topological polar surface area (TPSA) is 37.3 Å². The second-order valence-corrected chi connectivity index (χ2v) is 3.03. The van der Waals surface area contributed by atoms with Gasteiger partial charge >= 0.3 is 5.97 Å². The lowest BCUT2D eigenvalue weighted by atomic mass is 10.3. The Morgan fingerprint density at radius 3 is 2.25 bits per heavy atom. The molecule has 0 aromatic heterocycles. The summed E-state index contributed by atoms with van der Waals surface area (Å²) in [5.41, 5.74) is 1.75. The largest absolute Gasteiger partial charge is 0.478 e. The number of carboxylic acid groups (broad SMARTS) is 1. The van der Waals surface area contributed by atoms with Crippen molar-refractivity contribution >= 4 is 5.97 Å². The molecule has 0 aromatic rings. The van der Waals surface area contributed by atoms with Gasteiger partial charge in [-0.25, -0.2) is 4.79 Å². The molecule has 0 spiro atoms. The lowest BCUT2D eigenvalue weighted by Gasteiger charge is -1.79. The highest BCUT2D eigenvalue weighted by Gasteiger charge is 1.95. The molecule has 2 heteroatoms. The van der Waals surface area contributed by atoms with E-state index in [1.54, 1.807) is 5.57 Å². The minimum Gasteiger partial charge on any atom is -0.478 e. The first-order valence-electron chi connectivity index (χ1n) is 4.08. The molecule has 1 aliphatic rings. The van der Waals surface area contributed by atoms with Gasteiger partial charge in [0, 0.05) is 5.57 Å². The van der Waals surface area contributed by atoms with Crippen molar-refractivity contribution in [2.45, 2.75) is 33.1 Å². The van der Waals surface area contributed by atoms with Gasteiger partial charge in [0.05, 0.1) is 0 Å². The number of allylic oxidation sites excluding steroid dienone is 2. The summed E-state index contributed by atoms with van der Waals surface area (Å²) in [4.78, 5) is 9.60. The smallest absolute Gasteiger partial charge is 0.330 e. The number of carboxylic acids is 1. The molecule has 0 saturated heterocycles. The molecular formula is C10H16O2. The van der Waals surface area contributed by atoms with Crippen LogP contribution in [0.25, 0.3) is 0 Å². The van der Waals surface area contributed by atoms with Gasteiger partial charge in [-0.1, -0.05) is 18.2 Å². The normalized spacial score (nSPS) is 14.3. The molecule has 0 aromatic carbocycles. The van der Waals surface area contributed by atoms with E-state index in [-0.39, 0.29) is 5.57 Å². The van der Waals surface area contributed by atoms with Crippen molar-refractivity contribution in [3.8, 4) is 0 Å². The first-order chi connectivity index (χ1) is 5.54. The van der Waals surface area contributed by atoms with Crippen molar-refractivity contribution in [1.29, 1.82) is 0 Å². The Balaban J connectivity index is 0.000000202. The van der Waals surface area contributed by atoms with Gasteiger partial charge in [0.15, 0.2) is 0 Å². The molecule has 1 N–H and O–H groups in total. The second-order valence-electron chi connectivity index (χ2n) is 3.03. The van der Waals surface area contributed by atoms with Gasteiger partial charge < -0.3 is 5.11 Å². The van der Waals surface area contributed by atoms with Crippen molar-refractivity contribution in [3.05, 3.63) is 23.8 Å². The Morgan fingerprint density at radius 1 is 1.67 bits per heavy atom. The van der Waals surface area contributed by atoms with E-state index in [0.29, 0.717) is 0 Å². The van der Waals surface area contributed by atoms with Gasteiger partial charge in [-0.3, -0.25) is 0 Å². The van der Waals surface area contributed by atoms with Crippen LogP contribution in [0.1, 0.15) is 33.1 Å². The fourth-order valence-electron chi connectivity index (χ4n) is 0.831. The van der Waals surface area contributed by atoms with Gasteiger partial charge in [-0.05, 0) is 33.1 Å². The maximum absolute atomic E-state index is 9.60. The van der Waals surface area contributed by atoms with E-state index in [0.717, 1.165) is 0 Å². The van der Waals surface area contributed by atoms with Gasteiger partial charge in [-0.15, -0.1) is 0 Å². The molecule has 0 saturated carbocycles. The van der Waals surface area contributed by atoms with E-state index >= 15 is 0 Å². The third-order valence-electron chi connectivity index (χ3n) is 1.63. The fraction of sp³-hybridized carbons (Fsp3) is 0.500. The molecule has 0 heterocycles. The van der Waals surface area contributed by atoms with Crippen LogP contribution >= 0.6 is 0 Å². The number of carbonyl (C=O) groups is 1. The monoisotopic (exact) mass is 168 g/mol. The zero-order valence-corrected chi connectivity index (χ0v) is 7.76. The van der Waals surface area contributed by atoms with Gasteiger partial charge in [0.1, 0.15) is 0 Å². The zero-order chi connectivity index (χ0) is 9.56. The van der Waals surface area contributed by atoms with E-state index in [2.05, 4.69) is 19.6 Å². The van der Waals surface area contributed by atoms with Crippen molar-refractivity contribution in [3.63, 3.8) is 0 Å². The third kappa shape index (κ3) is 5.71. The third-order valence-corrected chi connectivity index (χ3v) is 1.63. The molecule has 0 amide bonds. The summed E-state index contributed by atoms with van der Waals surface area (Å²) in [5, 5.41) is 7.89. The standard InChI is InChI=1S/C6H10.C4H6O2/c1-6-4-2-3-5-6;1-3(2)4(5)6/h4H,2-3,5H2,1H3;1H2,2H3,(H,5,6). The van der Waals surface area contributed by atoms with E-state index in [1.807, 2.05) is 0 Å². The fourth-order valence-corrected chi connectivity index (χ4v) is 0.831. The maximum atomic E-state index is 9.60.